The number of hydrogen-bond donors (Lipinski definition) is 0. The van der Waals surface area contributed by atoms with Crippen LogP contribution >= 0.6 is 0 Å². The maximum absolute atomic E-state index is 11.6. The Hall–Kier alpha value is -1.35. The van der Waals surface area contributed by atoms with E-state index in [1.807, 2.05) is 13.0 Å². The van der Waals surface area contributed by atoms with Crippen molar-refractivity contribution in [2.75, 3.05) is 20.3 Å². The first-order valence-corrected chi connectivity index (χ1v) is 7.14. The molecular weight excluding hydrogens is 252 g/mol. The van der Waals surface area contributed by atoms with E-state index >= 15 is 0 Å². The lowest BCUT2D eigenvalue weighted by Crippen LogP contribution is -2.09. The summed E-state index contributed by atoms with van der Waals surface area (Å²) in [4.78, 5) is 11.6. The van der Waals surface area contributed by atoms with Crippen LogP contribution in [0.5, 0.6) is 0 Å². The number of rotatable bonds is 4. The van der Waals surface area contributed by atoms with Crippen molar-refractivity contribution in [3.05, 3.63) is 34.9 Å². The van der Waals surface area contributed by atoms with Crippen molar-refractivity contribution < 1.29 is 14.3 Å². The van der Waals surface area contributed by atoms with Crippen molar-refractivity contribution in [3.63, 3.8) is 0 Å². The van der Waals surface area contributed by atoms with Gasteiger partial charge in [0.1, 0.15) is 0 Å². The minimum absolute atomic E-state index is 0.131. The molecule has 0 atom stereocenters. The van der Waals surface area contributed by atoms with Gasteiger partial charge in [0.25, 0.3) is 0 Å². The molecule has 0 fully saturated rings. The third-order valence-corrected chi connectivity index (χ3v) is 3.28. The van der Waals surface area contributed by atoms with E-state index in [0.29, 0.717) is 13.2 Å². The largest absolute Gasteiger partial charge is 0.463 e. The Morgan fingerprint density at radius 3 is 2.55 bits per heavy atom. The molecule has 1 rings (SSSR count). The lowest BCUT2D eigenvalue weighted by molar-refractivity contribution is -0.137. The van der Waals surface area contributed by atoms with Crippen molar-refractivity contribution in [3.8, 4) is 0 Å². The second-order valence-corrected chi connectivity index (χ2v) is 6.04. The van der Waals surface area contributed by atoms with Crippen LogP contribution in [0, 0.1) is 5.41 Å². The number of hydrogen-bond acceptors (Lipinski definition) is 3. The van der Waals surface area contributed by atoms with Crippen LogP contribution < -0.4 is 0 Å². The summed E-state index contributed by atoms with van der Waals surface area (Å²) >= 11 is 0. The maximum Gasteiger partial charge on any atom is 0.331 e. The molecule has 0 N–H and O–H groups in total. The highest BCUT2D eigenvalue weighted by Gasteiger charge is 2.19. The Bertz CT molecular complexity index is 434. The van der Waals surface area contributed by atoms with E-state index < -0.39 is 0 Å². The van der Waals surface area contributed by atoms with Gasteiger partial charge >= 0.3 is 5.97 Å². The first kappa shape index (κ1) is 16.7. The van der Waals surface area contributed by atoms with E-state index in [0.717, 1.165) is 24.0 Å². The molecule has 0 spiro atoms. The van der Waals surface area contributed by atoms with Crippen LogP contribution in [0.2, 0.25) is 0 Å². The molecule has 0 heterocycles. The van der Waals surface area contributed by atoms with Crippen LogP contribution in [-0.4, -0.2) is 26.3 Å². The Labute approximate surface area is 122 Å². The van der Waals surface area contributed by atoms with Crippen LogP contribution in [0.15, 0.2) is 34.9 Å². The SMILES string of the molecule is CCOC(=O)/C=C1\C=C(COC)C=C(C(C)(C)C)CC1. The summed E-state index contributed by atoms with van der Waals surface area (Å²) in [5.74, 6) is -0.269. The minimum atomic E-state index is -0.269. The van der Waals surface area contributed by atoms with Gasteiger partial charge in [0, 0.05) is 13.2 Å². The van der Waals surface area contributed by atoms with Crippen LogP contribution in [0.4, 0.5) is 0 Å². The van der Waals surface area contributed by atoms with E-state index in [1.165, 1.54) is 5.57 Å². The summed E-state index contributed by atoms with van der Waals surface area (Å²) in [6, 6.07) is 0. The zero-order valence-corrected chi connectivity index (χ0v) is 13.3. The van der Waals surface area contributed by atoms with Crippen molar-refractivity contribution >= 4 is 5.97 Å². The number of esters is 1. The molecule has 20 heavy (non-hydrogen) atoms. The lowest BCUT2D eigenvalue weighted by atomic mass is 9.83. The van der Waals surface area contributed by atoms with Crippen LogP contribution in [-0.2, 0) is 14.3 Å². The molecule has 0 saturated carbocycles. The smallest absolute Gasteiger partial charge is 0.331 e. The summed E-state index contributed by atoms with van der Waals surface area (Å²) in [6.45, 7) is 9.41. The van der Waals surface area contributed by atoms with Crippen LogP contribution in [0.3, 0.4) is 0 Å². The molecule has 0 aromatic heterocycles. The molecule has 3 nitrogen and oxygen atoms in total. The van der Waals surface area contributed by atoms with Crippen molar-refractivity contribution in [2.24, 2.45) is 5.41 Å². The topological polar surface area (TPSA) is 35.5 Å². The number of ether oxygens (including phenoxy) is 2. The summed E-state index contributed by atoms with van der Waals surface area (Å²) in [5.41, 5.74) is 3.62. The molecule has 0 unspecified atom stereocenters. The Morgan fingerprint density at radius 2 is 2.00 bits per heavy atom. The lowest BCUT2D eigenvalue weighted by Gasteiger charge is -2.22. The average Bonchev–Trinajstić information content (AvgIpc) is 2.52. The standard InChI is InChI=1S/C17H26O3/c1-6-20-16(18)11-13-7-8-15(17(2,3)4)10-14(9-13)12-19-5/h9-11H,6-8,12H2,1-5H3/b13-11-. The molecule has 1 aliphatic carbocycles. The fourth-order valence-corrected chi connectivity index (χ4v) is 2.22. The third kappa shape index (κ3) is 5.33. The number of carbonyl (C=O) groups is 1. The molecule has 1 aliphatic rings. The molecule has 0 bridgehead atoms. The third-order valence-electron chi connectivity index (χ3n) is 3.28. The summed E-state index contributed by atoms with van der Waals surface area (Å²) in [7, 11) is 1.69. The quantitative estimate of drug-likeness (QED) is 0.579. The van der Waals surface area contributed by atoms with Crippen molar-refractivity contribution in [1.29, 1.82) is 0 Å². The monoisotopic (exact) mass is 278 g/mol. The van der Waals surface area contributed by atoms with Crippen molar-refractivity contribution in [2.45, 2.75) is 40.5 Å². The predicted molar refractivity (Wildman–Crippen MR) is 81.4 cm³/mol. The maximum atomic E-state index is 11.6. The highest BCUT2D eigenvalue weighted by molar-refractivity contribution is 5.83. The van der Waals surface area contributed by atoms with E-state index in [4.69, 9.17) is 9.47 Å². The number of allylic oxidation sites excluding steroid dienone is 3. The first-order chi connectivity index (χ1) is 9.36. The van der Waals surface area contributed by atoms with Gasteiger partial charge in [-0.05, 0) is 36.3 Å². The van der Waals surface area contributed by atoms with E-state index in [1.54, 1.807) is 13.2 Å². The molecule has 0 aliphatic heterocycles. The second-order valence-electron chi connectivity index (χ2n) is 6.04. The molecule has 0 radical (unpaired) electrons. The summed E-state index contributed by atoms with van der Waals surface area (Å²) < 4.78 is 10.2. The molecule has 0 aromatic rings. The van der Waals surface area contributed by atoms with Crippen LogP contribution in [0.1, 0.15) is 40.5 Å². The first-order valence-electron chi connectivity index (χ1n) is 7.14. The second kappa shape index (κ2) is 7.44. The Balaban J connectivity index is 2.98. The van der Waals surface area contributed by atoms with Crippen molar-refractivity contribution in [1.82, 2.24) is 0 Å². The fraction of sp³-hybridized carbons (Fsp3) is 0.588. The van der Waals surface area contributed by atoms with Gasteiger partial charge in [0.2, 0.25) is 0 Å². The minimum Gasteiger partial charge on any atom is -0.463 e. The zero-order valence-electron chi connectivity index (χ0n) is 13.3. The van der Waals surface area contributed by atoms with Gasteiger partial charge in [-0.1, -0.05) is 38.5 Å². The van der Waals surface area contributed by atoms with Gasteiger partial charge in [-0.15, -0.1) is 0 Å². The Morgan fingerprint density at radius 1 is 1.30 bits per heavy atom. The fourth-order valence-electron chi connectivity index (χ4n) is 2.22. The van der Waals surface area contributed by atoms with E-state index in [-0.39, 0.29) is 11.4 Å². The van der Waals surface area contributed by atoms with E-state index in [9.17, 15) is 4.79 Å². The van der Waals surface area contributed by atoms with Gasteiger partial charge in [-0.25, -0.2) is 4.79 Å². The van der Waals surface area contributed by atoms with Gasteiger partial charge in [0.05, 0.1) is 13.2 Å². The van der Waals surface area contributed by atoms with E-state index in [2.05, 4.69) is 26.8 Å². The summed E-state index contributed by atoms with van der Waals surface area (Å²) in [5, 5.41) is 0. The zero-order chi connectivity index (χ0) is 15.2. The Kier molecular flexibility index (Phi) is 6.21. The highest BCUT2D eigenvalue weighted by Crippen LogP contribution is 2.33. The molecule has 3 heteroatoms. The predicted octanol–water partition coefficient (Wildman–Crippen LogP) is 3.82. The molecule has 0 aromatic carbocycles. The number of methoxy groups -OCH3 is 1. The summed E-state index contributed by atoms with van der Waals surface area (Å²) in [6.07, 6.45) is 7.65. The normalized spacial score (nSPS) is 18.4. The molecular formula is C17H26O3. The number of carbonyl (C=O) groups excluding carboxylic acids is 1. The van der Waals surface area contributed by atoms with Gasteiger partial charge in [-0.3, -0.25) is 0 Å². The molecule has 0 saturated heterocycles. The van der Waals surface area contributed by atoms with Gasteiger partial charge < -0.3 is 9.47 Å². The highest BCUT2D eigenvalue weighted by atomic mass is 16.5. The van der Waals surface area contributed by atoms with Crippen LogP contribution in [0.25, 0.3) is 0 Å². The molecule has 112 valence electrons. The van der Waals surface area contributed by atoms with Gasteiger partial charge in [0.15, 0.2) is 0 Å². The average molecular weight is 278 g/mol. The molecule has 0 amide bonds. The van der Waals surface area contributed by atoms with Gasteiger partial charge in [-0.2, -0.15) is 0 Å².